The lowest BCUT2D eigenvalue weighted by Crippen LogP contribution is -2.40. The van der Waals surface area contributed by atoms with Crippen molar-refractivity contribution < 1.29 is 9.72 Å². The van der Waals surface area contributed by atoms with Gasteiger partial charge in [-0.2, -0.15) is 0 Å². The largest absolute Gasteiger partial charge is 0.353 e. The Morgan fingerprint density at radius 3 is 2.64 bits per heavy atom. The Hall–Kier alpha value is -1.66. The Labute approximate surface area is 136 Å². The molecule has 1 aliphatic carbocycles. The summed E-state index contributed by atoms with van der Waals surface area (Å²) < 4.78 is 0. The number of non-ortho nitro benzene ring substituents is 1. The number of rotatable bonds is 5. The second-order valence-corrected chi connectivity index (χ2v) is 5.61. The number of carbonyl (C=O) groups excluding carboxylic acids is 1. The van der Waals surface area contributed by atoms with Gasteiger partial charge in [0.15, 0.2) is 0 Å². The first-order chi connectivity index (χ1) is 10.0. The Morgan fingerprint density at radius 1 is 1.32 bits per heavy atom. The molecule has 122 valence electrons. The number of nitro benzene ring substituents is 1. The van der Waals surface area contributed by atoms with Crippen LogP contribution in [-0.4, -0.2) is 22.9 Å². The predicted molar refractivity (Wildman–Crippen MR) is 87.0 cm³/mol. The number of hydrogen-bond acceptors (Lipinski definition) is 4. The topological polar surface area (TPSA) is 98.3 Å². The summed E-state index contributed by atoms with van der Waals surface area (Å²) in [6.07, 6.45) is 4.64. The summed E-state index contributed by atoms with van der Waals surface area (Å²) in [6.45, 7) is 0. The van der Waals surface area contributed by atoms with E-state index in [2.05, 4.69) is 5.32 Å². The van der Waals surface area contributed by atoms with Crippen LogP contribution < -0.4 is 11.1 Å². The van der Waals surface area contributed by atoms with Crippen molar-refractivity contribution in [3.05, 3.63) is 39.9 Å². The summed E-state index contributed by atoms with van der Waals surface area (Å²) in [5, 5.41) is 13.7. The molecule has 22 heavy (non-hydrogen) atoms. The van der Waals surface area contributed by atoms with Gasteiger partial charge in [0.1, 0.15) is 0 Å². The van der Waals surface area contributed by atoms with Gasteiger partial charge in [-0.25, -0.2) is 0 Å². The number of carbonyl (C=O) groups is 1. The van der Waals surface area contributed by atoms with Gasteiger partial charge < -0.3 is 11.1 Å². The van der Waals surface area contributed by atoms with E-state index >= 15 is 0 Å². The number of halogens is 1. The Bertz CT molecular complexity index is 517. The van der Waals surface area contributed by atoms with E-state index in [0.29, 0.717) is 12.8 Å². The van der Waals surface area contributed by atoms with Crippen LogP contribution in [0.25, 0.3) is 0 Å². The van der Waals surface area contributed by atoms with E-state index in [9.17, 15) is 14.9 Å². The van der Waals surface area contributed by atoms with Gasteiger partial charge in [0.25, 0.3) is 5.69 Å². The molecule has 0 bridgehead atoms. The third-order valence-corrected chi connectivity index (χ3v) is 3.90. The van der Waals surface area contributed by atoms with Crippen LogP contribution in [-0.2, 0) is 11.2 Å². The molecule has 2 rings (SSSR count). The zero-order chi connectivity index (χ0) is 15.2. The minimum Gasteiger partial charge on any atom is -0.353 e. The molecule has 0 saturated heterocycles. The van der Waals surface area contributed by atoms with Gasteiger partial charge in [0, 0.05) is 30.6 Å². The number of nitrogens with two attached hydrogens (primary N) is 1. The molecule has 0 spiro atoms. The fourth-order valence-electron chi connectivity index (χ4n) is 2.65. The average molecular weight is 328 g/mol. The lowest BCUT2D eigenvalue weighted by atomic mass is 9.91. The zero-order valence-electron chi connectivity index (χ0n) is 12.4. The number of nitrogens with one attached hydrogen (secondary N) is 1. The van der Waals surface area contributed by atoms with E-state index in [4.69, 9.17) is 5.73 Å². The molecule has 0 heterocycles. The van der Waals surface area contributed by atoms with Crippen LogP contribution in [0.15, 0.2) is 24.3 Å². The molecule has 0 aromatic heterocycles. The molecule has 1 aromatic carbocycles. The SMILES string of the molecule is Cl.NC1CCC(NC(=O)CCc2cccc([N+](=O)[O-])c2)CC1. The van der Waals surface area contributed by atoms with Gasteiger partial charge in [-0.15, -0.1) is 12.4 Å². The van der Waals surface area contributed by atoms with E-state index in [1.165, 1.54) is 12.1 Å². The van der Waals surface area contributed by atoms with Gasteiger partial charge in [-0.3, -0.25) is 14.9 Å². The smallest absolute Gasteiger partial charge is 0.269 e. The van der Waals surface area contributed by atoms with Crippen LogP contribution in [0.3, 0.4) is 0 Å². The number of amides is 1. The van der Waals surface area contributed by atoms with Crippen molar-refractivity contribution in [1.82, 2.24) is 5.32 Å². The number of aryl methyl sites for hydroxylation is 1. The third kappa shape index (κ3) is 5.61. The highest BCUT2D eigenvalue weighted by atomic mass is 35.5. The van der Waals surface area contributed by atoms with Crippen LogP contribution in [0.2, 0.25) is 0 Å². The van der Waals surface area contributed by atoms with E-state index in [-0.39, 0.29) is 36.1 Å². The first-order valence-corrected chi connectivity index (χ1v) is 7.33. The average Bonchev–Trinajstić information content (AvgIpc) is 2.48. The molecule has 0 atom stereocenters. The molecule has 1 aliphatic rings. The molecule has 0 aliphatic heterocycles. The van der Waals surface area contributed by atoms with Gasteiger partial charge in [0.2, 0.25) is 5.91 Å². The maximum atomic E-state index is 11.9. The van der Waals surface area contributed by atoms with Crippen LogP contribution in [0.4, 0.5) is 5.69 Å². The molecule has 1 fully saturated rings. The standard InChI is InChI=1S/C15H21N3O3.ClH/c16-12-5-7-13(8-6-12)17-15(19)9-4-11-2-1-3-14(10-11)18(20)21;/h1-3,10,12-13H,4-9,16H2,(H,17,19);1H. The summed E-state index contributed by atoms with van der Waals surface area (Å²) >= 11 is 0. The number of benzene rings is 1. The maximum absolute atomic E-state index is 11.9. The van der Waals surface area contributed by atoms with Crippen molar-refractivity contribution in [2.75, 3.05) is 0 Å². The summed E-state index contributed by atoms with van der Waals surface area (Å²) in [6, 6.07) is 6.92. The molecule has 7 heteroatoms. The normalized spacial score (nSPS) is 20.8. The van der Waals surface area contributed by atoms with Crippen LogP contribution in [0, 0.1) is 10.1 Å². The fraction of sp³-hybridized carbons (Fsp3) is 0.533. The summed E-state index contributed by atoms with van der Waals surface area (Å²) in [7, 11) is 0. The zero-order valence-corrected chi connectivity index (χ0v) is 13.2. The van der Waals surface area contributed by atoms with Crippen molar-refractivity contribution in [3.63, 3.8) is 0 Å². The highest BCUT2D eigenvalue weighted by molar-refractivity contribution is 5.85. The number of nitro groups is 1. The first kappa shape index (κ1) is 18.4. The highest BCUT2D eigenvalue weighted by Crippen LogP contribution is 2.17. The summed E-state index contributed by atoms with van der Waals surface area (Å²) in [4.78, 5) is 22.2. The van der Waals surface area contributed by atoms with Crippen molar-refractivity contribution in [3.8, 4) is 0 Å². The monoisotopic (exact) mass is 327 g/mol. The van der Waals surface area contributed by atoms with E-state index in [1.807, 2.05) is 0 Å². The lowest BCUT2D eigenvalue weighted by molar-refractivity contribution is -0.384. The first-order valence-electron chi connectivity index (χ1n) is 7.33. The number of hydrogen-bond donors (Lipinski definition) is 2. The fourth-order valence-corrected chi connectivity index (χ4v) is 2.65. The quantitative estimate of drug-likeness (QED) is 0.640. The molecular weight excluding hydrogens is 306 g/mol. The Morgan fingerprint density at radius 2 is 2.00 bits per heavy atom. The van der Waals surface area contributed by atoms with Crippen molar-refractivity contribution >= 4 is 24.0 Å². The molecule has 1 amide bonds. The molecule has 0 unspecified atom stereocenters. The second-order valence-electron chi connectivity index (χ2n) is 5.61. The predicted octanol–water partition coefficient (Wildman–Crippen LogP) is 2.34. The minimum absolute atomic E-state index is 0. The highest BCUT2D eigenvalue weighted by Gasteiger charge is 2.19. The van der Waals surface area contributed by atoms with Crippen LogP contribution in [0.1, 0.15) is 37.7 Å². The maximum Gasteiger partial charge on any atom is 0.269 e. The molecule has 6 nitrogen and oxygen atoms in total. The summed E-state index contributed by atoms with van der Waals surface area (Å²) in [5.41, 5.74) is 6.71. The molecule has 0 radical (unpaired) electrons. The minimum atomic E-state index is -0.422. The van der Waals surface area contributed by atoms with Crippen molar-refractivity contribution in [2.45, 2.75) is 50.6 Å². The van der Waals surface area contributed by atoms with E-state index in [1.54, 1.807) is 12.1 Å². The van der Waals surface area contributed by atoms with Crippen LogP contribution in [0.5, 0.6) is 0 Å². The second kappa shape index (κ2) is 8.70. The molecular formula is C15H22ClN3O3. The van der Waals surface area contributed by atoms with E-state index < -0.39 is 4.92 Å². The molecule has 1 aromatic rings. The molecule has 1 saturated carbocycles. The number of nitrogens with zero attached hydrogens (tertiary/aromatic N) is 1. The lowest BCUT2D eigenvalue weighted by Gasteiger charge is -2.26. The molecule has 3 N–H and O–H groups in total. The van der Waals surface area contributed by atoms with Gasteiger partial charge >= 0.3 is 0 Å². The van der Waals surface area contributed by atoms with Crippen LogP contribution >= 0.6 is 12.4 Å². The Kier molecular flexibility index (Phi) is 7.27. The van der Waals surface area contributed by atoms with Gasteiger partial charge in [-0.05, 0) is 37.7 Å². The third-order valence-electron chi connectivity index (χ3n) is 3.90. The van der Waals surface area contributed by atoms with Gasteiger partial charge in [-0.1, -0.05) is 12.1 Å². The van der Waals surface area contributed by atoms with Gasteiger partial charge in [0.05, 0.1) is 4.92 Å². The summed E-state index contributed by atoms with van der Waals surface area (Å²) in [5.74, 6) is 0.00183. The van der Waals surface area contributed by atoms with Crippen molar-refractivity contribution in [1.29, 1.82) is 0 Å². The van der Waals surface area contributed by atoms with Crippen molar-refractivity contribution in [2.24, 2.45) is 5.73 Å². The Balaban J connectivity index is 0.00000242. The van der Waals surface area contributed by atoms with E-state index in [0.717, 1.165) is 31.2 Å².